The second-order valence-electron chi connectivity index (χ2n) is 4.33. The van der Waals surface area contributed by atoms with E-state index in [1.54, 1.807) is 0 Å². The van der Waals surface area contributed by atoms with Crippen LogP contribution in [0.1, 0.15) is 30.4 Å². The maximum Gasteiger partial charge on any atom is 0.264 e. The number of carbonyl (C=O) groups excluding carboxylic acids is 1. The number of nitrogens with zero attached hydrogens (tertiary/aromatic N) is 1. The van der Waals surface area contributed by atoms with Crippen LogP contribution in [0.15, 0.2) is 17.1 Å². The van der Waals surface area contributed by atoms with Crippen molar-refractivity contribution in [3.05, 3.63) is 23.3 Å². The van der Waals surface area contributed by atoms with E-state index in [4.69, 9.17) is 9.47 Å². The van der Waals surface area contributed by atoms with Gasteiger partial charge in [0.05, 0.1) is 19.8 Å². The van der Waals surface area contributed by atoms with Crippen molar-refractivity contribution in [2.75, 3.05) is 14.2 Å². The molecule has 0 unspecified atom stereocenters. The predicted molar refractivity (Wildman–Crippen MR) is 63.5 cm³/mol. The number of aliphatic imine (C=N–C) groups is 1. The average molecular weight is 269 g/mol. The van der Waals surface area contributed by atoms with Crippen LogP contribution in [0.5, 0.6) is 11.5 Å². The van der Waals surface area contributed by atoms with Crippen LogP contribution in [0.25, 0.3) is 0 Å². The molecule has 1 aliphatic rings. The van der Waals surface area contributed by atoms with E-state index in [2.05, 4.69) is 4.99 Å². The summed E-state index contributed by atoms with van der Waals surface area (Å²) in [6.07, 6.45) is -0.107. The SMILES string of the molecule is COc1cc(C(F)F)c(C2(N=C=O)CC2)cc1OC. The zero-order valence-corrected chi connectivity index (χ0v) is 10.6. The second kappa shape index (κ2) is 4.97. The largest absolute Gasteiger partial charge is 0.493 e. The number of halogens is 2. The third-order valence-corrected chi connectivity index (χ3v) is 3.28. The van der Waals surface area contributed by atoms with Gasteiger partial charge in [0.15, 0.2) is 11.5 Å². The van der Waals surface area contributed by atoms with Gasteiger partial charge in [-0.1, -0.05) is 0 Å². The number of hydrogen-bond acceptors (Lipinski definition) is 4. The molecule has 0 amide bonds. The van der Waals surface area contributed by atoms with E-state index in [1.165, 1.54) is 32.4 Å². The monoisotopic (exact) mass is 269 g/mol. The Balaban J connectivity index is 2.61. The summed E-state index contributed by atoms with van der Waals surface area (Å²) in [5, 5.41) is 0. The van der Waals surface area contributed by atoms with Gasteiger partial charge in [-0.05, 0) is 30.5 Å². The molecule has 0 bridgehead atoms. The van der Waals surface area contributed by atoms with Crippen molar-refractivity contribution in [1.29, 1.82) is 0 Å². The van der Waals surface area contributed by atoms with Crippen molar-refractivity contribution in [2.24, 2.45) is 4.99 Å². The van der Waals surface area contributed by atoms with Gasteiger partial charge < -0.3 is 9.47 Å². The van der Waals surface area contributed by atoms with Gasteiger partial charge in [0, 0.05) is 5.56 Å². The molecule has 1 aliphatic carbocycles. The minimum Gasteiger partial charge on any atom is -0.493 e. The first-order chi connectivity index (χ1) is 9.07. The highest BCUT2D eigenvalue weighted by atomic mass is 19.3. The molecular formula is C13H13F2NO3. The fourth-order valence-corrected chi connectivity index (χ4v) is 2.13. The molecule has 6 heteroatoms. The molecule has 0 saturated heterocycles. The fraction of sp³-hybridized carbons (Fsp3) is 0.462. The maximum atomic E-state index is 13.1. The Bertz CT molecular complexity index is 535. The molecule has 0 aliphatic heterocycles. The Morgan fingerprint density at radius 2 is 1.84 bits per heavy atom. The minimum atomic E-state index is -2.67. The van der Waals surface area contributed by atoms with Crippen LogP contribution >= 0.6 is 0 Å². The smallest absolute Gasteiger partial charge is 0.264 e. The third kappa shape index (κ3) is 2.31. The lowest BCUT2D eigenvalue weighted by Gasteiger charge is -2.17. The Labute approximate surface area is 109 Å². The number of benzene rings is 1. The molecule has 1 aromatic rings. The third-order valence-electron chi connectivity index (χ3n) is 3.28. The summed E-state index contributed by atoms with van der Waals surface area (Å²) in [4.78, 5) is 14.1. The first kappa shape index (κ1) is 13.5. The van der Waals surface area contributed by atoms with Gasteiger partial charge in [0.1, 0.15) is 0 Å². The van der Waals surface area contributed by atoms with E-state index in [-0.39, 0.29) is 11.3 Å². The van der Waals surface area contributed by atoms with Gasteiger partial charge in [-0.15, -0.1) is 0 Å². The fourth-order valence-electron chi connectivity index (χ4n) is 2.13. The van der Waals surface area contributed by atoms with Gasteiger partial charge >= 0.3 is 0 Å². The van der Waals surface area contributed by atoms with E-state index in [1.807, 2.05) is 0 Å². The predicted octanol–water partition coefficient (Wildman–Crippen LogP) is 2.97. The van der Waals surface area contributed by atoms with Crippen molar-refractivity contribution in [3.63, 3.8) is 0 Å². The number of ether oxygens (including phenoxy) is 2. The van der Waals surface area contributed by atoms with Crippen molar-refractivity contribution in [1.82, 2.24) is 0 Å². The number of hydrogen-bond donors (Lipinski definition) is 0. The van der Waals surface area contributed by atoms with Crippen LogP contribution in [0.2, 0.25) is 0 Å². The van der Waals surface area contributed by atoms with Gasteiger partial charge in [0.2, 0.25) is 6.08 Å². The van der Waals surface area contributed by atoms with E-state index in [9.17, 15) is 13.6 Å². The zero-order valence-electron chi connectivity index (χ0n) is 10.6. The van der Waals surface area contributed by atoms with E-state index < -0.39 is 12.0 Å². The van der Waals surface area contributed by atoms with Crippen molar-refractivity contribution >= 4 is 6.08 Å². The Morgan fingerprint density at radius 1 is 1.26 bits per heavy atom. The van der Waals surface area contributed by atoms with E-state index in [0.29, 0.717) is 24.2 Å². The summed E-state index contributed by atoms with van der Waals surface area (Å²) in [6, 6.07) is 2.70. The lowest BCUT2D eigenvalue weighted by molar-refractivity contribution is 0.149. The Hall–Kier alpha value is -1.94. The molecule has 0 N–H and O–H groups in total. The van der Waals surface area contributed by atoms with Crippen molar-refractivity contribution in [3.8, 4) is 11.5 Å². The molecular weight excluding hydrogens is 256 g/mol. The summed E-state index contributed by atoms with van der Waals surface area (Å²) in [6.45, 7) is 0. The molecule has 1 fully saturated rings. The van der Waals surface area contributed by atoms with Gasteiger partial charge in [-0.25, -0.2) is 13.6 Å². The first-order valence-electron chi connectivity index (χ1n) is 5.71. The summed E-state index contributed by atoms with van der Waals surface area (Å²) in [7, 11) is 2.80. The summed E-state index contributed by atoms with van der Waals surface area (Å²) in [5.41, 5.74) is -0.745. The highest BCUT2D eigenvalue weighted by molar-refractivity contribution is 5.53. The molecule has 0 spiro atoms. The number of alkyl halides is 2. The van der Waals surface area contributed by atoms with Gasteiger partial charge in [-0.2, -0.15) is 4.99 Å². The highest BCUT2D eigenvalue weighted by Crippen LogP contribution is 2.53. The molecule has 1 saturated carbocycles. The Kier molecular flexibility index (Phi) is 3.53. The first-order valence-corrected chi connectivity index (χ1v) is 5.71. The minimum absolute atomic E-state index is 0.186. The molecule has 0 heterocycles. The quantitative estimate of drug-likeness (QED) is 0.610. The molecule has 4 nitrogen and oxygen atoms in total. The molecule has 0 aromatic heterocycles. The molecule has 102 valence electrons. The molecule has 0 atom stereocenters. The lowest BCUT2D eigenvalue weighted by Crippen LogP contribution is -2.08. The summed E-state index contributed by atoms with van der Waals surface area (Å²) in [5.74, 6) is 0.571. The van der Waals surface area contributed by atoms with Crippen LogP contribution in [0.3, 0.4) is 0 Å². The number of rotatable bonds is 5. The van der Waals surface area contributed by atoms with Gasteiger partial charge in [0.25, 0.3) is 6.43 Å². The normalized spacial score (nSPS) is 15.8. The molecule has 1 aromatic carbocycles. The maximum absolute atomic E-state index is 13.1. The van der Waals surface area contributed by atoms with Gasteiger partial charge in [-0.3, -0.25) is 0 Å². The second-order valence-corrected chi connectivity index (χ2v) is 4.33. The topological polar surface area (TPSA) is 47.9 Å². The van der Waals surface area contributed by atoms with E-state index >= 15 is 0 Å². The van der Waals surface area contributed by atoms with Crippen molar-refractivity contribution in [2.45, 2.75) is 24.8 Å². The molecule has 19 heavy (non-hydrogen) atoms. The highest BCUT2D eigenvalue weighted by Gasteiger charge is 2.47. The average Bonchev–Trinajstić information content (AvgIpc) is 3.18. The van der Waals surface area contributed by atoms with Crippen LogP contribution in [0.4, 0.5) is 8.78 Å². The Morgan fingerprint density at radius 3 is 2.26 bits per heavy atom. The van der Waals surface area contributed by atoms with E-state index in [0.717, 1.165) is 0 Å². The lowest BCUT2D eigenvalue weighted by atomic mass is 9.98. The summed E-state index contributed by atoms with van der Waals surface area (Å²) < 4.78 is 36.4. The molecule has 2 rings (SSSR count). The number of methoxy groups -OCH3 is 2. The van der Waals surface area contributed by atoms with Crippen LogP contribution in [-0.4, -0.2) is 20.3 Å². The standard InChI is InChI=1S/C13H13F2NO3/c1-18-10-5-8(12(14)15)9(6-11(10)19-2)13(3-4-13)16-7-17/h5-6,12H,3-4H2,1-2H3. The molecule has 0 radical (unpaired) electrons. The summed E-state index contributed by atoms with van der Waals surface area (Å²) >= 11 is 0. The van der Waals surface area contributed by atoms with Crippen LogP contribution in [-0.2, 0) is 10.3 Å². The zero-order chi connectivity index (χ0) is 14.0. The van der Waals surface area contributed by atoms with Crippen LogP contribution in [0, 0.1) is 0 Å². The number of isocyanates is 1. The van der Waals surface area contributed by atoms with Crippen LogP contribution < -0.4 is 9.47 Å². The van der Waals surface area contributed by atoms with Crippen molar-refractivity contribution < 1.29 is 23.0 Å².